The summed E-state index contributed by atoms with van der Waals surface area (Å²) in [6.07, 6.45) is 0.546. The zero-order chi connectivity index (χ0) is 33.9. The van der Waals surface area contributed by atoms with Crippen LogP contribution in [0.2, 0.25) is 0 Å². The molecule has 248 valence electrons. The fourth-order valence-electron chi connectivity index (χ4n) is 4.93. The number of para-hydroxylation sites is 1. The smallest absolute Gasteiger partial charge is 0.408 e. The molecule has 6 N–H and O–H groups in total. The van der Waals surface area contributed by atoms with Gasteiger partial charge in [-0.15, -0.1) is 0 Å². The van der Waals surface area contributed by atoms with Gasteiger partial charge in [0.05, 0.1) is 6.42 Å². The average Bonchev–Trinajstić information content (AvgIpc) is 3.37. The van der Waals surface area contributed by atoms with Crippen LogP contribution in [0.15, 0.2) is 60.8 Å². The van der Waals surface area contributed by atoms with Crippen LogP contribution in [0.4, 0.5) is 4.79 Å². The minimum absolute atomic E-state index is 0.0333. The first-order valence-electron chi connectivity index (χ1n) is 15.4. The topological polar surface area (TPSA) is 179 Å². The van der Waals surface area contributed by atoms with Crippen LogP contribution in [0.5, 0.6) is 0 Å². The first kappa shape index (κ1) is 35.6. The van der Waals surface area contributed by atoms with E-state index in [1.54, 1.807) is 27.0 Å². The molecule has 0 spiro atoms. The number of nitrogens with one attached hydrogen (secondary N) is 5. The van der Waals surface area contributed by atoms with E-state index >= 15 is 0 Å². The Balaban J connectivity index is 1.76. The summed E-state index contributed by atoms with van der Waals surface area (Å²) in [6.45, 7) is 9.13. The Labute approximate surface area is 269 Å². The molecule has 0 aliphatic carbocycles. The number of hydrogen-bond acceptors (Lipinski definition) is 6. The van der Waals surface area contributed by atoms with E-state index in [1.165, 1.54) is 0 Å². The van der Waals surface area contributed by atoms with Gasteiger partial charge in [0.15, 0.2) is 0 Å². The molecule has 0 bridgehead atoms. The van der Waals surface area contributed by atoms with E-state index in [-0.39, 0.29) is 31.7 Å². The zero-order valence-corrected chi connectivity index (χ0v) is 27.0. The second-order valence-electron chi connectivity index (χ2n) is 12.7. The summed E-state index contributed by atoms with van der Waals surface area (Å²) in [5, 5.41) is 21.2. The summed E-state index contributed by atoms with van der Waals surface area (Å²) in [6, 6.07) is 13.6. The van der Waals surface area contributed by atoms with Crippen LogP contribution in [0.3, 0.4) is 0 Å². The van der Waals surface area contributed by atoms with Crippen LogP contribution in [0.1, 0.15) is 65.0 Å². The molecule has 3 aromatic rings. The number of ether oxygens (including phenoxy) is 1. The highest BCUT2D eigenvalue weighted by Crippen LogP contribution is 2.20. The molecule has 0 radical (unpaired) electrons. The van der Waals surface area contributed by atoms with Crippen molar-refractivity contribution in [2.75, 3.05) is 0 Å². The molecule has 12 nitrogen and oxygen atoms in total. The maximum absolute atomic E-state index is 13.7. The summed E-state index contributed by atoms with van der Waals surface area (Å²) in [5.74, 6) is -2.90. The number of amides is 4. The maximum Gasteiger partial charge on any atom is 0.408 e. The minimum Gasteiger partial charge on any atom is -0.481 e. The molecule has 0 aliphatic heterocycles. The highest BCUT2D eigenvalue weighted by atomic mass is 16.6. The summed E-state index contributed by atoms with van der Waals surface area (Å²) in [5.41, 5.74) is 1.71. The van der Waals surface area contributed by atoms with Crippen LogP contribution < -0.4 is 21.3 Å². The Hall–Kier alpha value is -4.87. The third kappa shape index (κ3) is 11.9. The summed E-state index contributed by atoms with van der Waals surface area (Å²) in [4.78, 5) is 67.5. The predicted molar refractivity (Wildman–Crippen MR) is 174 cm³/mol. The molecule has 1 heterocycles. The quantitative estimate of drug-likeness (QED) is 0.147. The zero-order valence-electron chi connectivity index (χ0n) is 27.0. The predicted octanol–water partition coefficient (Wildman–Crippen LogP) is 3.80. The van der Waals surface area contributed by atoms with Gasteiger partial charge in [0, 0.05) is 42.5 Å². The van der Waals surface area contributed by atoms with Crippen molar-refractivity contribution in [1.82, 2.24) is 26.3 Å². The fourth-order valence-corrected chi connectivity index (χ4v) is 4.93. The number of carboxylic acids is 1. The molecule has 1 aromatic heterocycles. The van der Waals surface area contributed by atoms with Crippen molar-refractivity contribution in [3.05, 3.63) is 71.9 Å². The monoisotopic (exact) mass is 635 g/mol. The molecule has 0 unspecified atom stereocenters. The Kier molecular flexibility index (Phi) is 12.7. The van der Waals surface area contributed by atoms with Gasteiger partial charge in [-0.05, 0) is 50.3 Å². The largest absolute Gasteiger partial charge is 0.481 e. The Bertz CT molecular complexity index is 1500. The number of fused-ring (bicyclic) bond motifs is 1. The number of aliphatic carboxylic acids is 1. The normalized spacial score (nSPS) is 13.3. The van der Waals surface area contributed by atoms with E-state index in [0.717, 1.165) is 22.0 Å². The van der Waals surface area contributed by atoms with Gasteiger partial charge in [-0.1, -0.05) is 62.4 Å². The van der Waals surface area contributed by atoms with Crippen molar-refractivity contribution < 1.29 is 33.8 Å². The Morgan fingerprint density at radius 2 is 1.50 bits per heavy atom. The maximum atomic E-state index is 13.7. The van der Waals surface area contributed by atoms with E-state index in [2.05, 4.69) is 26.3 Å². The van der Waals surface area contributed by atoms with Gasteiger partial charge in [-0.2, -0.15) is 0 Å². The van der Waals surface area contributed by atoms with Gasteiger partial charge < -0.3 is 36.1 Å². The third-order valence-corrected chi connectivity index (χ3v) is 6.98. The van der Waals surface area contributed by atoms with Gasteiger partial charge in [0.1, 0.15) is 17.7 Å². The third-order valence-electron chi connectivity index (χ3n) is 6.98. The van der Waals surface area contributed by atoms with Crippen molar-refractivity contribution in [2.24, 2.45) is 5.92 Å². The van der Waals surface area contributed by atoms with E-state index in [0.29, 0.717) is 0 Å². The van der Waals surface area contributed by atoms with Gasteiger partial charge in [-0.25, -0.2) is 4.79 Å². The number of aromatic amines is 1. The van der Waals surface area contributed by atoms with Crippen LogP contribution in [-0.4, -0.2) is 63.6 Å². The van der Waals surface area contributed by atoms with Gasteiger partial charge in [-0.3, -0.25) is 19.2 Å². The standard InChI is InChI=1S/C34H45N5O7/c1-21(2)15-27(31(43)37-24(18-30(41)42)17-29(40)36-19-22-11-7-6-8-12-22)38-32(44)28(39-33(45)46-34(3,4)5)16-23-20-35-26-14-10-9-13-25(23)26/h6-14,20-21,24,27-28,35H,15-19H2,1-5H3,(H,36,40)(H,37,43)(H,38,44)(H,39,45)(H,41,42)/t24-,27-,28-/m0/s1. The molecular formula is C34H45N5O7. The molecule has 0 aliphatic rings. The minimum atomic E-state index is -1.19. The lowest BCUT2D eigenvalue weighted by molar-refractivity contribution is -0.138. The molecule has 3 atom stereocenters. The number of carbonyl (C=O) groups is 5. The Morgan fingerprint density at radius 1 is 0.848 bits per heavy atom. The van der Waals surface area contributed by atoms with Gasteiger partial charge in [0.25, 0.3) is 0 Å². The average molecular weight is 636 g/mol. The first-order valence-corrected chi connectivity index (χ1v) is 15.4. The van der Waals surface area contributed by atoms with E-state index in [1.807, 2.05) is 68.4 Å². The Morgan fingerprint density at radius 3 is 2.15 bits per heavy atom. The van der Waals surface area contributed by atoms with E-state index < -0.39 is 59.9 Å². The number of alkyl carbamates (subject to hydrolysis) is 1. The highest BCUT2D eigenvalue weighted by Gasteiger charge is 2.31. The van der Waals surface area contributed by atoms with E-state index in [9.17, 15) is 29.1 Å². The lowest BCUT2D eigenvalue weighted by atomic mass is 10.00. The molecule has 0 fully saturated rings. The van der Waals surface area contributed by atoms with Crippen LogP contribution >= 0.6 is 0 Å². The fraction of sp³-hybridized carbons (Fsp3) is 0.441. The number of rotatable bonds is 15. The summed E-state index contributed by atoms with van der Waals surface area (Å²) >= 11 is 0. The SMILES string of the molecule is CC(C)C[C@H](NC(=O)[C@H](Cc1c[nH]c2ccccc12)NC(=O)OC(C)(C)C)C(=O)N[C@H](CC(=O)O)CC(=O)NCc1ccccc1. The lowest BCUT2D eigenvalue weighted by Gasteiger charge is -2.27. The molecule has 3 rings (SSSR count). The molecule has 46 heavy (non-hydrogen) atoms. The van der Waals surface area contributed by atoms with E-state index in [4.69, 9.17) is 4.74 Å². The number of benzene rings is 2. The van der Waals surface area contributed by atoms with Crippen molar-refractivity contribution in [3.8, 4) is 0 Å². The van der Waals surface area contributed by atoms with Crippen molar-refractivity contribution >= 4 is 40.7 Å². The highest BCUT2D eigenvalue weighted by molar-refractivity contribution is 5.93. The molecule has 4 amide bonds. The van der Waals surface area contributed by atoms with Gasteiger partial charge in [0.2, 0.25) is 17.7 Å². The van der Waals surface area contributed by atoms with Crippen molar-refractivity contribution in [2.45, 2.75) is 90.6 Å². The van der Waals surface area contributed by atoms with Crippen molar-refractivity contribution in [3.63, 3.8) is 0 Å². The second kappa shape index (κ2) is 16.4. The number of H-pyrrole nitrogens is 1. The molecule has 2 aromatic carbocycles. The second-order valence-corrected chi connectivity index (χ2v) is 12.7. The summed E-state index contributed by atoms with van der Waals surface area (Å²) < 4.78 is 5.41. The first-order chi connectivity index (χ1) is 21.7. The number of aromatic nitrogens is 1. The summed E-state index contributed by atoms with van der Waals surface area (Å²) in [7, 11) is 0. The molecule has 12 heteroatoms. The number of hydrogen-bond donors (Lipinski definition) is 6. The molecule has 0 saturated heterocycles. The van der Waals surface area contributed by atoms with Crippen LogP contribution in [0, 0.1) is 5.92 Å². The molecule has 0 saturated carbocycles. The van der Waals surface area contributed by atoms with Crippen LogP contribution in [-0.2, 0) is 36.9 Å². The lowest BCUT2D eigenvalue weighted by Crippen LogP contribution is -2.56. The number of carboxylic acid groups (broad SMARTS) is 1. The van der Waals surface area contributed by atoms with Crippen molar-refractivity contribution in [1.29, 1.82) is 0 Å². The van der Waals surface area contributed by atoms with Gasteiger partial charge >= 0.3 is 12.1 Å². The number of carbonyl (C=O) groups excluding carboxylic acids is 4. The molecular weight excluding hydrogens is 590 g/mol. The van der Waals surface area contributed by atoms with Crippen LogP contribution in [0.25, 0.3) is 10.9 Å².